The number of hydrogen-bond donors (Lipinski definition) is 1. The highest BCUT2D eigenvalue weighted by atomic mass is 16.5. The molecule has 0 atom stereocenters. The second kappa shape index (κ2) is 7.24. The lowest BCUT2D eigenvalue weighted by atomic mass is 10.1. The summed E-state index contributed by atoms with van der Waals surface area (Å²) in [5.74, 6) is 1.22. The van der Waals surface area contributed by atoms with E-state index in [4.69, 9.17) is 9.15 Å². The van der Waals surface area contributed by atoms with Crippen molar-refractivity contribution in [3.8, 4) is 28.4 Å². The Bertz CT molecular complexity index is 1190. The van der Waals surface area contributed by atoms with Crippen molar-refractivity contribution in [3.63, 3.8) is 0 Å². The number of phenolic OH excluding ortho intramolecular Hbond substituents is 1. The summed E-state index contributed by atoms with van der Waals surface area (Å²) in [4.78, 5) is 13.0. The van der Waals surface area contributed by atoms with Gasteiger partial charge in [0, 0.05) is 6.07 Å². The molecule has 0 spiro atoms. The number of aromatic hydroxyl groups is 1. The third-order valence-electron chi connectivity index (χ3n) is 4.78. The quantitative estimate of drug-likeness (QED) is 0.490. The second-order valence-corrected chi connectivity index (χ2v) is 6.64. The van der Waals surface area contributed by atoms with Gasteiger partial charge in [-0.2, -0.15) is 0 Å². The molecule has 4 rings (SSSR count). The van der Waals surface area contributed by atoms with E-state index in [1.807, 2.05) is 61.5 Å². The molecule has 0 unspecified atom stereocenters. The van der Waals surface area contributed by atoms with Gasteiger partial charge in [0.2, 0.25) is 11.2 Å². The van der Waals surface area contributed by atoms with Crippen LogP contribution in [0.15, 0.2) is 75.9 Å². The molecule has 0 bridgehead atoms. The lowest BCUT2D eigenvalue weighted by Gasteiger charge is -2.11. The normalized spacial score (nSPS) is 10.9. The van der Waals surface area contributed by atoms with Crippen LogP contribution in [0.3, 0.4) is 0 Å². The van der Waals surface area contributed by atoms with E-state index in [9.17, 15) is 9.90 Å². The van der Waals surface area contributed by atoms with E-state index in [0.717, 1.165) is 11.1 Å². The number of hydrogen-bond acceptors (Lipinski definition) is 4. The summed E-state index contributed by atoms with van der Waals surface area (Å²) in [7, 11) is 0. The van der Waals surface area contributed by atoms with E-state index in [-0.39, 0.29) is 16.9 Å². The van der Waals surface area contributed by atoms with Gasteiger partial charge in [-0.3, -0.25) is 4.79 Å². The van der Waals surface area contributed by atoms with Crippen molar-refractivity contribution < 1.29 is 14.3 Å². The number of rotatable bonds is 4. The van der Waals surface area contributed by atoms with E-state index in [2.05, 4.69) is 0 Å². The molecular weight excluding hydrogens is 352 g/mol. The first-order valence-corrected chi connectivity index (χ1v) is 9.19. The minimum absolute atomic E-state index is 0.128. The summed E-state index contributed by atoms with van der Waals surface area (Å²) in [6, 6.07) is 20.8. The maximum Gasteiger partial charge on any atom is 0.235 e. The Balaban J connectivity index is 1.71. The Labute approximate surface area is 162 Å². The fraction of sp³-hybridized carbons (Fsp3) is 0.125. The summed E-state index contributed by atoms with van der Waals surface area (Å²) < 4.78 is 11.6. The van der Waals surface area contributed by atoms with Crippen LogP contribution in [0.4, 0.5) is 0 Å². The highest BCUT2D eigenvalue weighted by Gasteiger charge is 2.16. The molecule has 140 valence electrons. The number of aryl methyl sites for hydroxylation is 2. The monoisotopic (exact) mass is 372 g/mol. The predicted molar refractivity (Wildman–Crippen MR) is 110 cm³/mol. The van der Waals surface area contributed by atoms with Crippen molar-refractivity contribution in [2.24, 2.45) is 0 Å². The van der Waals surface area contributed by atoms with Crippen molar-refractivity contribution in [2.75, 3.05) is 0 Å². The minimum atomic E-state index is -0.249. The van der Waals surface area contributed by atoms with Gasteiger partial charge in [0.05, 0.1) is 5.39 Å². The summed E-state index contributed by atoms with van der Waals surface area (Å²) >= 11 is 0. The first-order valence-electron chi connectivity index (χ1n) is 9.19. The van der Waals surface area contributed by atoms with Crippen LogP contribution in [0, 0.1) is 6.92 Å². The number of fused-ring (bicyclic) bond motifs is 1. The van der Waals surface area contributed by atoms with Gasteiger partial charge in [-0.05, 0) is 48.2 Å². The van der Waals surface area contributed by atoms with Gasteiger partial charge in [-0.1, -0.05) is 49.4 Å². The van der Waals surface area contributed by atoms with Gasteiger partial charge in [0.25, 0.3) is 0 Å². The molecule has 1 N–H and O–H groups in total. The molecule has 3 aromatic carbocycles. The molecule has 0 saturated heterocycles. The topological polar surface area (TPSA) is 59.7 Å². The largest absolute Gasteiger partial charge is 0.508 e. The first kappa shape index (κ1) is 17.9. The molecule has 0 aliphatic heterocycles. The van der Waals surface area contributed by atoms with Crippen molar-refractivity contribution in [3.05, 3.63) is 88.3 Å². The van der Waals surface area contributed by atoms with Gasteiger partial charge in [0.15, 0.2) is 0 Å². The SMILES string of the molecule is CCc1cc2c(=O)c(Oc3ccc(-c4ccccc4)cc3)c(C)oc2cc1O. The zero-order valence-corrected chi connectivity index (χ0v) is 15.7. The molecule has 1 aromatic heterocycles. The Morgan fingerprint density at radius 1 is 0.964 bits per heavy atom. The number of benzene rings is 3. The molecule has 0 aliphatic rings. The van der Waals surface area contributed by atoms with Gasteiger partial charge in [-0.15, -0.1) is 0 Å². The maximum absolute atomic E-state index is 13.0. The predicted octanol–water partition coefficient (Wildman–Crippen LogP) is 5.83. The fourth-order valence-electron chi connectivity index (χ4n) is 3.23. The van der Waals surface area contributed by atoms with Crippen LogP contribution in [0.2, 0.25) is 0 Å². The lowest BCUT2D eigenvalue weighted by Crippen LogP contribution is -2.08. The highest BCUT2D eigenvalue weighted by molar-refractivity contribution is 5.81. The van der Waals surface area contributed by atoms with E-state index in [1.54, 1.807) is 13.0 Å². The van der Waals surface area contributed by atoms with Crippen molar-refractivity contribution >= 4 is 11.0 Å². The van der Waals surface area contributed by atoms with Crippen LogP contribution in [-0.4, -0.2) is 5.11 Å². The van der Waals surface area contributed by atoms with Gasteiger partial charge >= 0.3 is 0 Å². The summed E-state index contributed by atoms with van der Waals surface area (Å²) in [6.45, 7) is 3.60. The van der Waals surface area contributed by atoms with E-state index in [0.29, 0.717) is 34.5 Å². The third kappa shape index (κ3) is 3.25. The fourth-order valence-corrected chi connectivity index (χ4v) is 3.23. The Morgan fingerprint density at radius 3 is 2.32 bits per heavy atom. The van der Waals surface area contributed by atoms with Crippen LogP contribution in [0.25, 0.3) is 22.1 Å². The van der Waals surface area contributed by atoms with Crippen LogP contribution >= 0.6 is 0 Å². The van der Waals surface area contributed by atoms with Crippen molar-refractivity contribution in [1.29, 1.82) is 0 Å². The molecule has 0 fully saturated rings. The second-order valence-electron chi connectivity index (χ2n) is 6.64. The third-order valence-corrected chi connectivity index (χ3v) is 4.78. The molecule has 4 heteroatoms. The molecule has 0 amide bonds. The maximum atomic E-state index is 13.0. The van der Waals surface area contributed by atoms with Gasteiger partial charge < -0.3 is 14.3 Å². The molecule has 0 aliphatic carbocycles. The molecule has 1 heterocycles. The van der Waals surface area contributed by atoms with Crippen LogP contribution in [-0.2, 0) is 6.42 Å². The zero-order valence-electron chi connectivity index (χ0n) is 15.7. The average Bonchev–Trinajstić information content (AvgIpc) is 2.72. The average molecular weight is 372 g/mol. The highest BCUT2D eigenvalue weighted by Crippen LogP contribution is 2.30. The van der Waals surface area contributed by atoms with Crippen LogP contribution < -0.4 is 10.2 Å². The molecule has 4 nitrogen and oxygen atoms in total. The van der Waals surface area contributed by atoms with Crippen molar-refractivity contribution in [2.45, 2.75) is 20.3 Å². The number of ether oxygens (including phenoxy) is 1. The lowest BCUT2D eigenvalue weighted by molar-refractivity contribution is 0.434. The van der Waals surface area contributed by atoms with Gasteiger partial charge in [0.1, 0.15) is 22.8 Å². The first-order chi connectivity index (χ1) is 13.6. The van der Waals surface area contributed by atoms with Crippen LogP contribution in [0.1, 0.15) is 18.2 Å². The van der Waals surface area contributed by atoms with E-state index in [1.165, 1.54) is 6.07 Å². The summed E-state index contributed by atoms with van der Waals surface area (Å²) in [6.07, 6.45) is 0.617. The van der Waals surface area contributed by atoms with E-state index >= 15 is 0 Å². The molecule has 28 heavy (non-hydrogen) atoms. The molecule has 0 radical (unpaired) electrons. The van der Waals surface area contributed by atoms with Crippen LogP contribution in [0.5, 0.6) is 17.2 Å². The Kier molecular flexibility index (Phi) is 4.62. The zero-order chi connectivity index (χ0) is 19.7. The Morgan fingerprint density at radius 2 is 1.64 bits per heavy atom. The van der Waals surface area contributed by atoms with Crippen molar-refractivity contribution in [1.82, 2.24) is 0 Å². The Hall–Kier alpha value is -3.53. The minimum Gasteiger partial charge on any atom is -0.508 e. The van der Waals surface area contributed by atoms with E-state index < -0.39 is 0 Å². The smallest absolute Gasteiger partial charge is 0.235 e. The van der Waals surface area contributed by atoms with Gasteiger partial charge in [-0.25, -0.2) is 0 Å². The summed E-state index contributed by atoms with van der Waals surface area (Å²) in [5.41, 5.74) is 2.98. The molecule has 4 aromatic rings. The molecule has 0 saturated carbocycles. The molecular formula is C24H20O4. The number of phenols is 1. The summed E-state index contributed by atoms with van der Waals surface area (Å²) in [5, 5.41) is 10.4. The standard InChI is InChI=1S/C24H20O4/c1-3-16-13-20-22(14-21(16)25)27-15(2)24(23(20)26)28-19-11-9-18(10-12-19)17-7-5-4-6-8-17/h4-14,25H,3H2,1-2H3.